The minimum Gasteiger partial charge on any atom is -0.437 e. The molecule has 1 aromatic carbocycles. The van der Waals surface area contributed by atoms with Crippen molar-refractivity contribution in [3.8, 4) is 11.6 Å². The average molecular weight is 324 g/mol. The first-order valence-electron chi connectivity index (χ1n) is 5.10. The van der Waals surface area contributed by atoms with Crippen LogP contribution >= 0.6 is 23.2 Å². The first kappa shape index (κ1) is 14.7. The number of anilines is 1. The second-order valence-electron chi connectivity index (χ2n) is 3.62. The Bertz CT molecular complexity index is 649. The van der Waals surface area contributed by atoms with E-state index in [1.165, 1.54) is 18.2 Å². The van der Waals surface area contributed by atoms with Crippen LogP contribution in [0.3, 0.4) is 0 Å². The molecule has 0 fully saturated rings. The van der Waals surface area contributed by atoms with Crippen LogP contribution in [0.4, 0.5) is 19.1 Å². The number of ether oxygens (including phenoxy) is 1. The van der Waals surface area contributed by atoms with Gasteiger partial charge in [-0.3, -0.25) is 0 Å². The zero-order chi connectivity index (χ0) is 14.9. The summed E-state index contributed by atoms with van der Waals surface area (Å²) < 4.78 is 42.9. The molecule has 0 aliphatic rings. The lowest BCUT2D eigenvalue weighted by molar-refractivity contribution is -0.141. The van der Waals surface area contributed by atoms with Gasteiger partial charge in [0, 0.05) is 11.1 Å². The number of nitrogens with two attached hydrogens (primary N) is 1. The van der Waals surface area contributed by atoms with E-state index in [2.05, 4.69) is 9.97 Å². The monoisotopic (exact) mass is 323 g/mol. The molecule has 1 heterocycles. The van der Waals surface area contributed by atoms with E-state index >= 15 is 0 Å². The van der Waals surface area contributed by atoms with Gasteiger partial charge in [0.1, 0.15) is 5.75 Å². The highest BCUT2D eigenvalue weighted by Gasteiger charge is 2.33. The third-order valence-electron chi connectivity index (χ3n) is 2.12. The number of hydrogen-bond donors (Lipinski definition) is 1. The van der Waals surface area contributed by atoms with Crippen molar-refractivity contribution in [3.05, 3.63) is 40.0 Å². The maximum atomic E-state index is 12.6. The number of hydrogen-bond acceptors (Lipinski definition) is 4. The van der Waals surface area contributed by atoms with E-state index < -0.39 is 17.8 Å². The van der Waals surface area contributed by atoms with Crippen LogP contribution in [-0.2, 0) is 6.18 Å². The lowest BCUT2D eigenvalue weighted by Gasteiger charge is -2.10. The van der Waals surface area contributed by atoms with Crippen molar-refractivity contribution in [1.82, 2.24) is 9.97 Å². The van der Waals surface area contributed by atoms with E-state index in [4.69, 9.17) is 33.7 Å². The molecule has 106 valence electrons. The maximum Gasteiger partial charge on any atom is 0.433 e. The Kier molecular flexibility index (Phi) is 3.92. The fourth-order valence-electron chi connectivity index (χ4n) is 1.31. The van der Waals surface area contributed by atoms with Gasteiger partial charge in [-0.25, -0.2) is 4.98 Å². The van der Waals surface area contributed by atoms with Crippen LogP contribution in [0.25, 0.3) is 0 Å². The first-order valence-corrected chi connectivity index (χ1v) is 5.86. The quantitative estimate of drug-likeness (QED) is 0.900. The van der Waals surface area contributed by atoms with Crippen molar-refractivity contribution in [2.45, 2.75) is 6.18 Å². The van der Waals surface area contributed by atoms with Gasteiger partial charge in [0.15, 0.2) is 5.69 Å². The predicted molar refractivity (Wildman–Crippen MR) is 68.0 cm³/mol. The number of rotatable bonds is 2. The number of nitrogens with zero attached hydrogens (tertiary/aromatic N) is 2. The van der Waals surface area contributed by atoms with Gasteiger partial charge >= 0.3 is 6.18 Å². The molecule has 0 spiro atoms. The van der Waals surface area contributed by atoms with Gasteiger partial charge in [-0.05, 0) is 18.2 Å². The van der Waals surface area contributed by atoms with Crippen molar-refractivity contribution in [2.75, 3.05) is 5.73 Å². The smallest absolute Gasteiger partial charge is 0.433 e. The second-order valence-corrected chi connectivity index (χ2v) is 4.47. The second kappa shape index (κ2) is 5.34. The molecular formula is C11H6Cl2F3N3O. The molecule has 0 unspecified atom stereocenters. The van der Waals surface area contributed by atoms with Crippen LogP contribution in [-0.4, -0.2) is 9.97 Å². The summed E-state index contributed by atoms with van der Waals surface area (Å²) in [5, 5.41) is 0.490. The van der Waals surface area contributed by atoms with Crippen molar-refractivity contribution in [3.63, 3.8) is 0 Å². The third kappa shape index (κ3) is 3.43. The average Bonchev–Trinajstić information content (AvgIpc) is 2.31. The van der Waals surface area contributed by atoms with Gasteiger partial charge in [-0.15, -0.1) is 0 Å². The molecule has 9 heteroatoms. The summed E-state index contributed by atoms with van der Waals surface area (Å²) in [6.07, 6.45) is -4.65. The van der Waals surface area contributed by atoms with Crippen LogP contribution in [0.1, 0.15) is 5.69 Å². The molecule has 0 bridgehead atoms. The summed E-state index contributed by atoms with van der Waals surface area (Å²) in [6, 6.07) is 4.88. The Morgan fingerprint density at radius 3 is 2.40 bits per heavy atom. The molecule has 0 radical (unpaired) electrons. The lowest BCUT2D eigenvalue weighted by Crippen LogP contribution is -2.11. The molecule has 0 atom stereocenters. The van der Waals surface area contributed by atoms with E-state index in [1.54, 1.807) is 0 Å². The normalized spacial score (nSPS) is 11.4. The standard InChI is InChI=1S/C11H6Cl2F3N3O/c12-5-1-2-7(6(13)3-5)20-9-4-8(11(14,15)16)18-10(17)19-9/h1-4H,(H2,17,18,19). The van der Waals surface area contributed by atoms with Crippen LogP contribution in [0.2, 0.25) is 10.0 Å². The Morgan fingerprint density at radius 1 is 1.10 bits per heavy atom. The van der Waals surface area contributed by atoms with Crippen LogP contribution < -0.4 is 10.5 Å². The number of aromatic nitrogens is 2. The highest BCUT2D eigenvalue weighted by Crippen LogP contribution is 2.34. The fourth-order valence-corrected chi connectivity index (χ4v) is 1.76. The Labute approximate surface area is 121 Å². The molecule has 2 rings (SSSR count). The van der Waals surface area contributed by atoms with E-state index in [1.807, 2.05) is 0 Å². The Balaban J connectivity index is 2.36. The van der Waals surface area contributed by atoms with Crippen molar-refractivity contribution in [2.24, 2.45) is 0 Å². The third-order valence-corrected chi connectivity index (χ3v) is 2.65. The molecule has 0 saturated heterocycles. The first-order chi connectivity index (χ1) is 9.25. The molecule has 0 aliphatic carbocycles. The van der Waals surface area contributed by atoms with E-state index in [0.717, 1.165) is 0 Å². The highest BCUT2D eigenvalue weighted by molar-refractivity contribution is 6.35. The van der Waals surface area contributed by atoms with E-state index in [-0.39, 0.29) is 16.7 Å². The fraction of sp³-hybridized carbons (Fsp3) is 0.0909. The van der Waals surface area contributed by atoms with Gasteiger partial charge in [-0.1, -0.05) is 23.2 Å². The molecule has 0 saturated carbocycles. The lowest BCUT2D eigenvalue weighted by atomic mass is 10.3. The maximum absolute atomic E-state index is 12.6. The van der Waals surface area contributed by atoms with Gasteiger partial charge in [-0.2, -0.15) is 18.2 Å². The number of nitrogen functional groups attached to an aromatic ring is 1. The Hall–Kier alpha value is -1.73. The van der Waals surface area contributed by atoms with Crippen molar-refractivity contribution >= 4 is 29.2 Å². The van der Waals surface area contributed by atoms with Crippen LogP contribution in [0, 0.1) is 0 Å². The summed E-state index contributed by atoms with van der Waals surface area (Å²) in [5.74, 6) is -0.823. The molecule has 4 nitrogen and oxygen atoms in total. The Morgan fingerprint density at radius 2 is 1.80 bits per heavy atom. The summed E-state index contributed by atoms with van der Waals surface area (Å²) >= 11 is 11.5. The molecule has 0 amide bonds. The number of benzene rings is 1. The molecular weight excluding hydrogens is 318 g/mol. The molecule has 2 aromatic rings. The predicted octanol–water partition coefficient (Wildman–Crippen LogP) is 4.18. The zero-order valence-electron chi connectivity index (χ0n) is 9.58. The van der Waals surface area contributed by atoms with Crippen LogP contribution in [0.5, 0.6) is 11.6 Å². The number of alkyl halides is 3. The minimum absolute atomic E-state index is 0.0993. The minimum atomic E-state index is -4.65. The SMILES string of the molecule is Nc1nc(Oc2ccc(Cl)cc2Cl)cc(C(F)(F)F)n1. The summed E-state index contributed by atoms with van der Waals surface area (Å²) in [5.41, 5.74) is 4.01. The van der Waals surface area contributed by atoms with Gasteiger partial charge in [0.25, 0.3) is 0 Å². The molecule has 0 aliphatic heterocycles. The zero-order valence-corrected chi connectivity index (χ0v) is 11.1. The van der Waals surface area contributed by atoms with Gasteiger partial charge < -0.3 is 10.5 Å². The number of halogens is 5. The summed E-state index contributed by atoms with van der Waals surface area (Å²) in [6.45, 7) is 0. The van der Waals surface area contributed by atoms with Crippen molar-refractivity contribution in [1.29, 1.82) is 0 Å². The van der Waals surface area contributed by atoms with Crippen molar-refractivity contribution < 1.29 is 17.9 Å². The molecule has 2 N–H and O–H groups in total. The summed E-state index contributed by atoms with van der Waals surface area (Å²) in [4.78, 5) is 6.65. The van der Waals surface area contributed by atoms with Crippen LogP contribution in [0.15, 0.2) is 24.3 Å². The summed E-state index contributed by atoms with van der Waals surface area (Å²) in [7, 11) is 0. The van der Waals surface area contributed by atoms with Gasteiger partial charge in [0.2, 0.25) is 11.8 Å². The van der Waals surface area contributed by atoms with Gasteiger partial charge in [0.05, 0.1) is 5.02 Å². The molecule has 20 heavy (non-hydrogen) atoms. The highest BCUT2D eigenvalue weighted by atomic mass is 35.5. The van der Waals surface area contributed by atoms with E-state index in [9.17, 15) is 13.2 Å². The molecule has 1 aromatic heterocycles. The largest absolute Gasteiger partial charge is 0.437 e. The topological polar surface area (TPSA) is 61.0 Å². The van der Waals surface area contributed by atoms with E-state index in [0.29, 0.717) is 11.1 Å².